The number of ether oxygens (including phenoxy) is 1. The van der Waals surface area contributed by atoms with Crippen LogP contribution in [0.3, 0.4) is 0 Å². The number of nitriles is 1. The molecule has 1 aromatic rings. The molecule has 2 rings (SSSR count). The molecule has 0 bridgehead atoms. The standard InChI is InChI=1S/C13H15N3O3/c1-9-6-10(8-14)7-11(15-9)16-13(12(17)18)2-4-19-5-3-13/h6-7H,2-5H2,1H3,(H,15,16)(H,17,18). The molecule has 0 saturated carbocycles. The van der Waals surface area contributed by atoms with Crippen LogP contribution in [0.5, 0.6) is 0 Å². The van der Waals surface area contributed by atoms with Crippen LogP contribution < -0.4 is 5.32 Å². The number of hydrogen-bond donors (Lipinski definition) is 2. The first-order chi connectivity index (χ1) is 9.05. The van der Waals surface area contributed by atoms with Crippen LogP contribution in [0, 0.1) is 18.3 Å². The molecule has 0 amide bonds. The van der Waals surface area contributed by atoms with E-state index in [1.54, 1.807) is 19.1 Å². The summed E-state index contributed by atoms with van der Waals surface area (Å²) in [5.74, 6) is -0.501. The molecule has 0 unspecified atom stereocenters. The van der Waals surface area contributed by atoms with Gasteiger partial charge in [0.25, 0.3) is 0 Å². The Kier molecular flexibility index (Phi) is 3.67. The molecule has 1 aliphatic rings. The number of carboxylic acid groups (broad SMARTS) is 1. The van der Waals surface area contributed by atoms with E-state index in [0.29, 0.717) is 43.1 Å². The first-order valence-electron chi connectivity index (χ1n) is 6.04. The summed E-state index contributed by atoms with van der Waals surface area (Å²) >= 11 is 0. The average molecular weight is 261 g/mol. The first-order valence-corrected chi connectivity index (χ1v) is 6.04. The molecule has 0 atom stereocenters. The number of carbonyl (C=O) groups is 1. The number of aliphatic carboxylic acids is 1. The lowest BCUT2D eigenvalue weighted by Crippen LogP contribution is -2.50. The molecule has 19 heavy (non-hydrogen) atoms. The Bertz CT molecular complexity index is 530. The van der Waals surface area contributed by atoms with Gasteiger partial charge in [0.15, 0.2) is 0 Å². The zero-order chi connectivity index (χ0) is 13.9. The third-order valence-electron chi connectivity index (χ3n) is 3.21. The molecule has 6 heteroatoms. The van der Waals surface area contributed by atoms with Gasteiger partial charge in [0.05, 0.1) is 11.6 Å². The van der Waals surface area contributed by atoms with Crippen LogP contribution in [0.25, 0.3) is 0 Å². The highest BCUT2D eigenvalue weighted by atomic mass is 16.5. The summed E-state index contributed by atoms with van der Waals surface area (Å²) in [6.07, 6.45) is 0.750. The highest BCUT2D eigenvalue weighted by Crippen LogP contribution is 2.26. The van der Waals surface area contributed by atoms with Crippen molar-refractivity contribution in [3.8, 4) is 6.07 Å². The van der Waals surface area contributed by atoms with Crippen molar-refractivity contribution in [2.45, 2.75) is 25.3 Å². The summed E-state index contributed by atoms with van der Waals surface area (Å²) in [6.45, 7) is 2.57. The van der Waals surface area contributed by atoms with Gasteiger partial charge in [0.2, 0.25) is 0 Å². The third kappa shape index (κ3) is 2.83. The number of aryl methyl sites for hydroxylation is 1. The predicted molar refractivity (Wildman–Crippen MR) is 67.7 cm³/mol. The molecule has 0 aromatic carbocycles. The van der Waals surface area contributed by atoms with Crippen molar-refractivity contribution in [2.75, 3.05) is 18.5 Å². The fourth-order valence-corrected chi connectivity index (χ4v) is 2.15. The van der Waals surface area contributed by atoms with Crippen LogP contribution in [0.4, 0.5) is 5.82 Å². The van der Waals surface area contributed by atoms with E-state index in [2.05, 4.69) is 10.3 Å². The van der Waals surface area contributed by atoms with Crippen LogP contribution in [0.2, 0.25) is 0 Å². The lowest BCUT2D eigenvalue weighted by atomic mass is 9.90. The number of anilines is 1. The van der Waals surface area contributed by atoms with Crippen molar-refractivity contribution in [3.63, 3.8) is 0 Å². The third-order valence-corrected chi connectivity index (χ3v) is 3.21. The molecule has 1 saturated heterocycles. The molecule has 1 aromatic heterocycles. The molecular formula is C13H15N3O3. The second-order valence-electron chi connectivity index (χ2n) is 4.62. The molecule has 2 N–H and O–H groups in total. The van der Waals surface area contributed by atoms with Crippen LogP contribution >= 0.6 is 0 Å². The Morgan fingerprint density at radius 3 is 2.79 bits per heavy atom. The van der Waals surface area contributed by atoms with Crippen molar-refractivity contribution in [1.29, 1.82) is 5.26 Å². The largest absolute Gasteiger partial charge is 0.480 e. The number of pyridine rings is 1. The van der Waals surface area contributed by atoms with Gasteiger partial charge in [-0.3, -0.25) is 0 Å². The maximum atomic E-state index is 11.5. The second kappa shape index (κ2) is 5.24. The minimum atomic E-state index is -1.06. The fourth-order valence-electron chi connectivity index (χ4n) is 2.15. The molecular weight excluding hydrogens is 246 g/mol. The Balaban J connectivity index is 2.29. The van der Waals surface area contributed by atoms with Crippen LogP contribution in [-0.2, 0) is 9.53 Å². The number of nitrogens with zero attached hydrogens (tertiary/aromatic N) is 2. The van der Waals surface area contributed by atoms with E-state index in [0.717, 1.165) is 0 Å². The summed E-state index contributed by atoms with van der Waals surface area (Å²) in [5.41, 5.74) is 0.0722. The molecule has 100 valence electrons. The molecule has 1 aliphatic heterocycles. The fraction of sp³-hybridized carbons (Fsp3) is 0.462. The van der Waals surface area contributed by atoms with Gasteiger partial charge in [-0.05, 0) is 19.1 Å². The maximum absolute atomic E-state index is 11.5. The predicted octanol–water partition coefficient (Wildman–Crippen LogP) is 1.31. The van der Waals surface area contributed by atoms with Gasteiger partial charge in [-0.25, -0.2) is 9.78 Å². The van der Waals surface area contributed by atoms with E-state index in [9.17, 15) is 9.90 Å². The van der Waals surface area contributed by atoms with Crippen LogP contribution in [0.1, 0.15) is 24.1 Å². The number of nitrogens with one attached hydrogen (secondary N) is 1. The van der Waals surface area contributed by atoms with Gasteiger partial charge in [0.1, 0.15) is 11.4 Å². The Morgan fingerprint density at radius 2 is 2.21 bits per heavy atom. The van der Waals surface area contributed by atoms with Crippen LogP contribution in [-0.4, -0.2) is 34.8 Å². The second-order valence-corrected chi connectivity index (χ2v) is 4.62. The first kappa shape index (κ1) is 13.3. The van der Waals surface area contributed by atoms with Gasteiger partial charge in [-0.1, -0.05) is 0 Å². The normalized spacial score (nSPS) is 17.5. The van der Waals surface area contributed by atoms with Gasteiger partial charge in [0, 0.05) is 31.7 Å². The lowest BCUT2D eigenvalue weighted by molar-refractivity contribution is -0.145. The van der Waals surface area contributed by atoms with Crippen molar-refractivity contribution < 1.29 is 14.6 Å². The number of hydrogen-bond acceptors (Lipinski definition) is 5. The van der Waals surface area contributed by atoms with Gasteiger partial charge in [-0.2, -0.15) is 5.26 Å². The Morgan fingerprint density at radius 1 is 1.53 bits per heavy atom. The molecule has 0 radical (unpaired) electrons. The van der Waals surface area contributed by atoms with E-state index in [4.69, 9.17) is 10.00 Å². The summed E-state index contributed by atoms with van der Waals surface area (Å²) in [5, 5.41) is 21.3. The minimum Gasteiger partial charge on any atom is -0.480 e. The van der Waals surface area contributed by atoms with E-state index in [-0.39, 0.29) is 0 Å². The van der Waals surface area contributed by atoms with E-state index in [1.807, 2.05) is 6.07 Å². The minimum absolute atomic E-state index is 0.375. The lowest BCUT2D eigenvalue weighted by Gasteiger charge is -2.34. The monoisotopic (exact) mass is 261 g/mol. The quantitative estimate of drug-likeness (QED) is 0.851. The van der Waals surface area contributed by atoms with Crippen molar-refractivity contribution in [2.24, 2.45) is 0 Å². The number of rotatable bonds is 3. The van der Waals surface area contributed by atoms with Crippen molar-refractivity contribution in [1.82, 2.24) is 4.98 Å². The smallest absolute Gasteiger partial charge is 0.329 e. The summed E-state index contributed by atoms with van der Waals surface area (Å²) in [6, 6.07) is 5.25. The van der Waals surface area contributed by atoms with Gasteiger partial charge in [-0.15, -0.1) is 0 Å². The van der Waals surface area contributed by atoms with Crippen molar-refractivity contribution in [3.05, 3.63) is 23.4 Å². The SMILES string of the molecule is Cc1cc(C#N)cc(NC2(C(=O)O)CCOCC2)n1. The van der Waals surface area contributed by atoms with E-state index in [1.165, 1.54) is 0 Å². The Hall–Kier alpha value is -2.13. The topological polar surface area (TPSA) is 95.2 Å². The summed E-state index contributed by atoms with van der Waals surface area (Å²) in [7, 11) is 0. The molecule has 2 heterocycles. The zero-order valence-electron chi connectivity index (χ0n) is 10.6. The van der Waals surface area contributed by atoms with Crippen molar-refractivity contribution >= 4 is 11.8 Å². The Labute approximate surface area is 111 Å². The number of aromatic nitrogens is 1. The summed E-state index contributed by atoms with van der Waals surface area (Å²) in [4.78, 5) is 15.7. The van der Waals surface area contributed by atoms with Gasteiger partial charge < -0.3 is 15.2 Å². The zero-order valence-corrected chi connectivity index (χ0v) is 10.6. The molecule has 0 spiro atoms. The molecule has 0 aliphatic carbocycles. The number of carboxylic acids is 1. The highest BCUT2D eigenvalue weighted by Gasteiger charge is 2.40. The highest BCUT2D eigenvalue weighted by molar-refractivity contribution is 5.82. The summed E-state index contributed by atoms with van der Waals surface area (Å²) < 4.78 is 5.21. The van der Waals surface area contributed by atoms with E-state index < -0.39 is 11.5 Å². The van der Waals surface area contributed by atoms with Crippen LogP contribution in [0.15, 0.2) is 12.1 Å². The van der Waals surface area contributed by atoms with E-state index >= 15 is 0 Å². The maximum Gasteiger partial charge on any atom is 0.329 e. The average Bonchev–Trinajstić information content (AvgIpc) is 2.38. The molecule has 6 nitrogen and oxygen atoms in total. The molecule has 1 fully saturated rings. The van der Waals surface area contributed by atoms with Gasteiger partial charge >= 0.3 is 5.97 Å².